The minimum atomic E-state index is -1.10. The van der Waals surface area contributed by atoms with Crippen LogP contribution in [-0.4, -0.2) is 36.9 Å². The maximum absolute atomic E-state index is 10.6. The van der Waals surface area contributed by atoms with Gasteiger partial charge in [0, 0.05) is 6.42 Å². The number of carboxylic acid groups (broad SMARTS) is 1. The van der Waals surface area contributed by atoms with Crippen molar-refractivity contribution in [1.82, 2.24) is 19.8 Å². The zero-order valence-corrected chi connectivity index (χ0v) is 8.79. The summed E-state index contributed by atoms with van der Waals surface area (Å²) in [6.45, 7) is 0. The molecular weight excluding hydrogens is 234 g/mol. The molecule has 0 fully saturated rings. The largest absolute Gasteiger partial charge is 0.480 e. The summed E-state index contributed by atoms with van der Waals surface area (Å²) >= 11 is 5.71. The van der Waals surface area contributed by atoms with Crippen LogP contribution in [0.4, 0.5) is 0 Å². The van der Waals surface area contributed by atoms with Gasteiger partial charge in [-0.25, -0.2) is 0 Å². The van der Waals surface area contributed by atoms with Crippen LogP contribution in [0.2, 0.25) is 5.15 Å². The number of halogens is 1. The van der Waals surface area contributed by atoms with Gasteiger partial charge in [-0.2, -0.15) is 9.61 Å². The van der Waals surface area contributed by atoms with Crippen LogP contribution < -0.4 is 5.73 Å². The van der Waals surface area contributed by atoms with Gasteiger partial charge in [0.25, 0.3) is 0 Å². The molecule has 0 saturated carbocycles. The number of nitrogens with zero attached hydrogens (tertiary/aromatic N) is 4. The smallest absolute Gasteiger partial charge is 0.320 e. The molecule has 0 saturated heterocycles. The first-order valence-electron chi connectivity index (χ1n) is 4.43. The first-order chi connectivity index (χ1) is 7.58. The Kier molecular flexibility index (Phi) is 2.71. The maximum Gasteiger partial charge on any atom is 0.320 e. The van der Waals surface area contributed by atoms with Crippen LogP contribution in [0.1, 0.15) is 5.82 Å². The van der Waals surface area contributed by atoms with Crippen molar-refractivity contribution in [3.8, 4) is 0 Å². The van der Waals surface area contributed by atoms with Gasteiger partial charge in [0.1, 0.15) is 11.2 Å². The molecule has 0 bridgehead atoms. The normalized spacial score (nSPS) is 12.9. The molecule has 8 heteroatoms. The van der Waals surface area contributed by atoms with Crippen LogP contribution in [0.25, 0.3) is 5.65 Å². The molecule has 0 aromatic carbocycles. The van der Waals surface area contributed by atoms with E-state index in [1.165, 1.54) is 4.52 Å². The summed E-state index contributed by atoms with van der Waals surface area (Å²) in [6.07, 6.45) is 0.0455. The van der Waals surface area contributed by atoms with Gasteiger partial charge in [0.2, 0.25) is 0 Å². The van der Waals surface area contributed by atoms with Crippen molar-refractivity contribution in [3.05, 3.63) is 23.1 Å². The van der Waals surface area contributed by atoms with Crippen molar-refractivity contribution < 1.29 is 9.90 Å². The van der Waals surface area contributed by atoms with Gasteiger partial charge in [-0.15, -0.1) is 10.2 Å². The van der Waals surface area contributed by atoms with Gasteiger partial charge in [-0.3, -0.25) is 4.79 Å². The van der Waals surface area contributed by atoms with Gasteiger partial charge in [0.05, 0.1) is 0 Å². The molecule has 3 N–H and O–H groups in total. The summed E-state index contributed by atoms with van der Waals surface area (Å²) in [5, 5.41) is 20.5. The lowest BCUT2D eigenvalue weighted by Crippen LogP contribution is -2.33. The van der Waals surface area contributed by atoms with Crippen LogP contribution in [0, 0.1) is 0 Å². The lowest BCUT2D eigenvalue weighted by Gasteiger charge is -2.03. The Morgan fingerprint density at radius 1 is 1.56 bits per heavy atom. The quantitative estimate of drug-likeness (QED) is 0.766. The number of carbonyl (C=O) groups is 1. The monoisotopic (exact) mass is 241 g/mol. The number of aromatic nitrogens is 4. The fourth-order valence-electron chi connectivity index (χ4n) is 1.22. The first-order valence-corrected chi connectivity index (χ1v) is 4.81. The zero-order chi connectivity index (χ0) is 11.7. The van der Waals surface area contributed by atoms with Gasteiger partial charge < -0.3 is 10.8 Å². The van der Waals surface area contributed by atoms with Crippen molar-refractivity contribution in [2.24, 2.45) is 5.73 Å². The summed E-state index contributed by atoms with van der Waals surface area (Å²) in [6, 6.07) is 2.18. The second-order valence-electron chi connectivity index (χ2n) is 3.19. The average molecular weight is 242 g/mol. The van der Waals surface area contributed by atoms with E-state index in [1.807, 2.05) is 0 Å². The highest BCUT2D eigenvalue weighted by molar-refractivity contribution is 6.29. The van der Waals surface area contributed by atoms with Crippen molar-refractivity contribution in [2.75, 3.05) is 0 Å². The number of hydrogen-bond acceptors (Lipinski definition) is 5. The van der Waals surface area contributed by atoms with Gasteiger partial charge >= 0.3 is 5.97 Å². The van der Waals surface area contributed by atoms with E-state index in [2.05, 4.69) is 15.3 Å². The number of carboxylic acids is 1. The molecule has 0 amide bonds. The van der Waals surface area contributed by atoms with Crippen LogP contribution in [-0.2, 0) is 11.2 Å². The number of hydrogen-bond donors (Lipinski definition) is 2. The molecule has 2 rings (SSSR count). The maximum atomic E-state index is 10.6. The number of nitrogens with two attached hydrogens (primary N) is 1. The van der Waals surface area contributed by atoms with E-state index in [4.69, 9.17) is 22.4 Å². The van der Waals surface area contributed by atoms with E-state index in [9.17, 15) is 4.79 Å². The Hall–Kier alpha value is -1.73. The fourth-order valence-corrected chi connectivity index (χ4v) is 1.36. The molecule has 1 atom stereocenters. The molecule has 84 valence electrons. The van der Waals surface area contributed by atoms with Crippen molar-refractivity contribution >= 4 is 23.2 Å². The third-order valence-corrected chi connectivity index (χ3v) is 2.22. The predicted molar refractivity (Wildman–Crippen MR) is 55.1 cm³/mol. The molecule has 0 aliphatic rings. The van der Waals surface area contributed by atoms with Crippen molar-refractivity contribution in [1.29, 1.82) is 0 Å². The highest BCUT2D eigenvalue weighted by Crippen LogP contribution is 2.08. The molecule has 7 nitrogen and oxygen atoms in total. The van der Waals surface area contributed by atoms with Gasteiger partial charge in [-0.1, -0.05) is 11.6 Å². The predicted octanol–water partition coefficient (Wildman–Crippen LogP) is -0.268. The summed E-state index contributed by atoms with van der Waals surface area (Å²) in [7, 11) is 0. The zero-order valence-electron chi connectivity index (χ0n) is 8.04. The lowest BCUT2D eigenvalue weighted by molar-refractivity contribution is -0.138. The second kappa shape index (κ2) is 4.03. The Morgan fingerprint density at radius 3 is 3.00 bits per heavy atom. The summed E-state index contributed by atoms with van der Waals surface area (Å²) in [5.41, 5.74) is 5.89. The van der Waals surface area contributed by atoms with Gasteiger partial charge in [-0.05, 0) is 12.1 Å². The van der Waals surface area contributed by atoms with E-state index in [1.54, 1.807) is 12.1 Å². The average Bonchev–Trinajstić information content (AvgIpc) is 2.61. The van der Waals surface area contributed by atoms with Crippen molar-refractivity contribution in [3.63, 3.8) is 0 Å². The molecule has 0 radical (unpaired) electrons. The Labute approximate surface area is 94.8 Å². The molecule has 0 aliphatic carbocycles. The summed E-state index contributed by atoms with van der Waals surface area (Å²) < 4.78 is 1.38. The van der Waals surface area contributed by atoms with Crippen LogP contribution >= 0.6 is 11.6 Å². The first kappa shape index (κ1) is 10.8. The fraction of sp³-hybridized carbons (Fsp3) is 0.250. The number of rotatable bonds is 3. The van der Waals surface area contributed by atoms with E-state index >= 15 is 0 Å². The van der Waals surface area contributed by atoms with E-state index in [-0.39, 0.29) is 11.6 Å². The Bertz CT molecular complexity index is 540. The number of fused-ring (bicyclic) bond motifs is 1. The van der Waals surface area contributed by atoms with E-state index < -0.39 is 12.0 Å². The molecule has 16 heavy (non-hydrogen) atoms. The molecule has 2 aromatic rings. The standard InChI is InChI=1S/C8H8ClN5O2/c9-5-1-2-6-11-12-7(14(6)13-5)3-4(10)8(15)16/h1-2,4H,3,10H2,(H,15,16)/t4-/m1/s1. The highest BCUT2D eigenvalue weighted by atomic mass is 35.5. The van der Waals surface area contributed by atoms with E-state index in [0.717, 1.165) is 0 Å². The van der Waals surface area contributed by atoms with Crippen LogP contribution in [0.3, 0.4) is 0 Å². The van der Waals surface area contributed by atoms with Crippen molar-refractivity contribution in [2.45, 2.75) is 12.5 Å². The van der Waals surface area contributed by atoms with Crippen LogP contribution in [0.15, 0.2) is 12.1 Å². The third-order valence-electron chi connectivity index (χ3n) is 2.01. The Morgan fingerprint density at radius 2 is 2.31 bits per heavy atom. The lowest BCUT2D eigenvalue weighted by atomic mass is 10.2. The SMILES string of the molecule is N[C@H](Cc1nnc2ccc(Cl)nn12)C(=O)O. The number of aliphatic carboxylic acids is 1. The minimum absolute atomic E-state index is 0.0455. The highest BCUT2D eigenvalue weighted by Gasteiger charge is 2.16. The molecule has 0 unspecified atom stereocenters. The molecular formula is C8H8ClN5O2. The minimum Gasteiger partial charge on any atom is -0.480 e. The van der Waals surface area contributed by atoms with Gasteiger partial charge in [0.15, 0.2) is 11.5 Å². The molecule has 0 spiro atoms. The molecule has 2 aromatic heterocycles. The topological polar surface area (TPSA) is 106 Å². The van der Waals surface area contributed by atoms with E-state index in [0.29, 0.717) is 11.5 Å². The summed E-state index contributed by atoms with van der Waals surface area (Å²) in [5.74, 6) is -0.730. The summed E-state index contributed by atoms with van der Waals surface area (Å²) in [4.78, 5) is 10.6. The molecule has 2 heterocycles. The second-order valence-corrected chi connectivity index (χ2v) is 3.58. The third kappa shape index (κ3) is 1.95. The molecule has 0 aliphatic heterocycles. The van der Waals surface area contributed by atoms with Crippen LogP contribution in [0.5, 0.6) is 0 Å². The Balaban J connectivity index is 2.37.